The minimum absolute atomic E-state index is 0. The first-order valence-electron chi connectivity index (χ1n) is 8.61. The molecule has 0 spiro atoms. The summed E-state index contributed by atoms with van der Waals surface area (Å²) < 4.78 is 25.0. The van der Waals surface area contributed by atoms with E-state index in [1.54, 1.807) is 19.2 Å². The van der Waals surface area contributed by atoms with Gasteiger partial charge in [-0.2, -0.15) is 0 Å². The fourth-order valence-electron chi connectivity index (χ4n) is 3.18. The summed E-state index contributed by atoms with van der Waals surface area (Å²) >= 11 is 0. The standard InChI is InChI=1S/C17H24N6O3S.ClH/c1-12-3-4-13(27(18,25)26)9-14(12)21-16(24)11-23-8-5-19-10-15(23)17-20-6-7-22(17)2;/h3-4,6-7,9,15,19H,5,8,10-11H2,1-2H3,(H,21,24)(H2,18,25,26);1H. The summed E-state index contributed by atoms with van der Waals surface area (Å²) in [6.45, 7) is 4.18. The summed E-state index contributed by atoms with van der Waals surface area (Å²) in [7, 11) is -1.90. The molecule has 1 amide bonds. The van der Waals surface area contributed by atoms with Gasteiger partial charge in [0.1, 0.15) is 5.82 Å². The molecular formula is C17H25ClN6O3S. The number of hydrogen-bond donors (Lipinski definition) is 3. The van der Waals surface area contributed by atoms with Crippen LogP contribution < -0.4 is 15.8 Å². The number of sulfonamides is 1. The van der Waals surface area contributed by atoms with Gasteiger partial charge in [0.15, 0.2) is 0 Å². The lowest BCUT2D eigenvalue weighted by Gasteiger charge is -2.35. The van der Waals surface area contributed by atoms with Gasteiger partial charge >= 0.3 is 0 Å². The highest BCUT2D eigenvalue weighted by atomic mass is 35.5. The smallest absolute Gasteiger partial charge is 0.238 e. The minimum Gasteiger partial charge on any atom is -0.337 e. The van der Waals surface area contributed by atoms with E-state index in [9.17, 15) is 13.2 Å². The van der Waals surface area contributed by atoms with E-state index in [4.69, 9.17) is 5.14 Å². The largest absolute Gasteiger partial charge is 0.337 e. The third kappa shape index (κ3) is 5.09. The van der Waals surface area contributed by atoms with Crippen molar-refractivity contribution in [3.63, 3.8) is 0 Å². The van der Waals surface area contributed by atoms with E-state index >= 15 is 0 Å². The number of nitrogens with one attached hydrogen (secondary N) is 2. The molecule has 28 heavy (non-hydrogen) atoms. The Morgan fingerprint density at radius 2 is 2.18 bits per heavy atom. The van der Waals surface area contributed by atoms with Crippen LogP contribution in [0.15, 0.2) is 35.5 Å². The van der Waals surface area contributed by atoms with Crippen molar-refractivity contribution >= 4 is 34.0 Å². The second kappa shape index (κ2) is 9.01. The van der Waals surface area contributed by atoms with E-state index < -0.39 is 10.0 Å². The molecule has 9 nitrogen and oxygen atoms in total. The van der Waals surface area contributed by atoms with Gasteiger partial charge in [-0.1, -0.05) is 6.07 Å². The summed E-state index contributed by atoms with van der Waals surface area (Å²) in [4.78, 5) is 19.0. The topological polar surface area (TPSA) is 122 Å². The molecule has 2 heterocycles. The average Bonchev–Trinajstić information content (AvgIpc) is 3.02. The Morgan fingerprint density at radius 3 is 2.82 bits per heavy atom. The number of benzene rings is 1. The van der Waals surface area contributed by atoms with E-state index in [1.165, 1.54) is 12.1 Å². The average molecular weight is 429 g/mol. The fourth-order valence-corrected chi connectivity index (χ4v) is 3.72. The van der Waals surface area contributed by atoms with Crippen molar-refractivity contribution in [3.8, 4) is 0 Å². The second-order valence-corrected chi connectivity index (χ2v) is 8.22. The summed E-state index contributed by atoms with van der Waals surface area (Å²) in [5.41, 5.74) is 1.20. The molecule has 1 fully saturated rings. The van der Waals surface area contributed by atoms with Gasteiger partial charge in [0, 0.05) is 44.8 Å². The van der Waals surface area contributed by atoms with Gasteiger partial charge in [0.2, 0.25) is 15.9 Å². The third-order valence-corrected chi connectivity index (χ3v) is 5.58. The van der Waals surface area contributed by atoms with Gasteiger partial charge in [-0.05, 0) is 24.6 Å². The van der Waals surface area contributed by atoms with Crippen LogP contribution in [0.5, 0.6) is 0 Å². The first kappa shape index (κ1) is 22.3. The number of anilines is 1. The zero-order valence-electron chi connectivity index (χ0n) is 15.8. The summed E-state index contributed by atoms with van der Waals surface area (Å²) in [6, 6.07) is 4.42. The first-order valence-corrected chi connectivity index (χ1v) is 10.2. The number of hydrogen-bond acceptors (Lipinski definition) is 6. The number of primary sulfonamides is 1. The number of imidazole rings is 1. The maximum Gasteiger partial charge on any atom is 0.238 e. The first-order chi connectivity index (χ1) is 12.8. The molecule has 2 aromatic rings. The lowest BCUT2D eigenvalue weighted by atomic mass is 10.1. The molecule has 0 radical (unpaired) electrons. The molecule has 1 aromatic heterocycles. The molecule has 1 atom stereocenters. The normalized spacial score (nSPS) is 17.8. The molecule has 0 bridgehead atoms. The van der Waals surface area contributed by atoms with Gasteiger partial charge < -0.3 is 15.2 Å². The number of piperazine rings is 1. The second-order valence-electron chi connectivity index (χ2n) is 6.66. The van der Waals surface area contributed by atoms with Crippen molar-refractivity contribution in [1.29, 1.82) is 0 Å². The maximum absolute atomic E-state index is 12.6. The van der Waals surface area contributed by atoms with Crippen LogP contribution in [-0.4, -0.2) is 55.0 Å². The minimum atomic E-state index is -3.83. The molecule has 0 aliphatic carbocycles. The molecule has 1 aromatic carbocycles. The molecule has 11 heteroatoms. The molecule has 0 saturated carbocycles. The van der Waals surface area contributed by atoms with Crippen molar-refractivity contribution in [2.45, 2.75) is 17.9 Å². The predicted molar refractivity (Wildman–Crippen MR) is 109 cm³/mol. The Bertz CT molecular complexity index is 946. The van der Waals surface area contributed by atoms with E-state index in [0.29, 0.717) is 18.8 Å². The van der Waals surface area contributed by atoms with Gasteiger partial charge in [-0.25, -0.2) is 18.5 Å². The number of nitrogens with two attached hydrogens (primary N) is 1. The highest BCUT2D eigenvalue weighted by molar-refractivity contribution is 7.89. The van der Waals surface area contributed by atoms with Gasteiger partial charge in [-0.3, -0.25) is 9.69 Å². The van der Waals surface area contributed by atoms with Crippen LogP contribution in [-0.2, 0) is 21.9 Å². The molecule has 1 saturated heterocycles. The van der Waals surface area contributed by atoms with Crippen LogP contribution in [0.1, 0.15) is 17.4 Å². The van der Waals surface area contributed by atoms with Gasteiger partial charge in [-0.15, -0.1) is 12.4 Å². The lowest BCUT2D eigenvalue weighted by Crippen LogP contribution is -2.49. The quantitative estimate of drug-likeness (QED) is 0.632. The number of nitrogens with zero attached hydrogens (tertiary/aromatic N) is 3. The highest BCUT2D eigenvalue weighted by Gasteiger charge is 2.28. The fraction of sp³-hybridized carbons (Fsp3) is 0.412. The summed E-state index contributed by atoms with van der Waals surface area (Å²) in [6.07, 6.45) is 3.62. The number of aromatic nitrogens is 2. The molecule has 4 N–H and O–H groups in total. The van der Waals surface area contributed by atoms with Crippen LogP contribution in [0, 0.1) is 6.92 Å². The molecule has 1 unspecified atom stereocenters. The number of aryl methyl sites for hydroxylation is 2. The van der Waals surface area contributed by atoms with Crippen molar-refractivity contribution in [2.75, 3.05) is 31.5 Å². The molecule has 3 rings (SSSR count). The molecular weight excluding hydrogens is 404 g/mol. The highest BCUT2D eigenvalue weighted by Crippen LogP contribution is 2.22. The van der Waals surface area contributed by atoms with Crippen LogP contribution in [0.4, 0.5) is 5.69 Å². The zero-order valence-corrected chi connectivity index (χ0v) is 17.4. The van der Waals surface area contributed by atoms with E-state index in [1.807, 2.05) is 17.8 Å². The Hall–Kier alpha value is -1.98. The van der Waals surface area contributed by atoms with E-state index in [2.05, 4.69) is 20.5 Å². The van der Waals surface area contributed by atoms with Gasteiger partial charge in [0.25, 0.3) is 0 Å². The Balaban J connectivity index is 0.00000280. The molecule has 154 valence electrons. The molecule has 1 aliphatic heterocycles. The van der Waals surface area contributed by atoms with Crippen molar-refractivity contribution in [3.05, 3.63) is 42.0 Å². The molecule has 1 aliphatic rings. The predicted octanol–water partition coefficient (Wildman–Crippen LogP) is 0.383. The van der Waals surface area contributed by atoms with Crippen LogP contribution in [0.25, 0.3) is 0 Å². The number of amides is 1. The zero-order chi connectivity index (χ0) is 19.6. The Morgan fingerprint density at radius 1 is 1.43 bits per heavy atom. The Kier molecular flexibility index (Phi) is 7.18. The van der Waals surface area contributed by atoms with Crippen molar-refractivity contribution in [2.24, 2.45) is 12.2 Å². The number of rotatable bonds is 5. The summed E-state index contributed by atoms with van der Waals surface area (Å²) in [5, 5.41) is 11.3. The van der Waals surface area contributed by atoms with E-state index in [-0.39, 0.29) is 35.8 Å². The number of carbonyl (C=O) groups is 1. The number of carbonyl (C=O) groups excluding carboxylic acids is 1. The number of halogens is 1. The SMILES string of the molecule is Cc1ccc(S(N)(=O)=O)cc1NC(=O)CN1CCNCC1c1nccn1C.Cl. The maximum atomic E-state index is 12.6. The lowest BCUT2D eigenvalue weighted by molar-refractivity contribution is -0.118. The summed E-state index contributed by atoms with van der Waals surface area (Å²) in [5.74, 6) is 0.674. The van der Waals surface area contributed by atoms with E-state index in [0.717, 1.165) is 17.9 Å². The van der Waals surface area contributed by atoms with Crippen LogP contribution >= 0.6 is 12.4 Å². The van der Waals surface area contributed by atoms with Crippen molar-refractivity contribution < 1.29 is 13.2 Å². The third-order valence-electron chi connectivity index (χ3n) is 4.67. The van der Waals surface area contributed by atoms with Gasteiger partial charge in [0.05, 0.1) is 17.5 Å². The van der Waals surface area contributed by atoms with Crippen LogP contribution in [0.2, 0.25) is 0 Å². The van der Waals surface area contributed by atoms with Crippen molar-refractivity contribution in [1.82, 2.24) is 19.8 Å². The van der Waals surface area contributed by atoms with Crippen LogP contribution in [0.3, 0.4) is 0 Å². The monoisotopic (exact) mass is 428 g/mol. The Labute approximate surface area is 170 Å².